The number of carbonyl (C=O) groups excluding carboxylic acids is 2. The molecular formula is C16H31NO4. The Morgan fingerprint density at radius 1 is 0.810 bits per heavy atom. The minimum Gasteiger partial charge on any atom is -0.447 e. The molecule has 2 atom stereocenters. The molecule has 5 nitrogen and oxygen atoms in total. The molecule has 0 rings (SSSR count). The van der Waals surface area contributed by atoms with Gasteiger partial charge in [0.2, 0.25) is 0 Å². The molecule has 0 amide bonds. The molecule has 0 aliphatic carbocycles. The van der Waals surface area contributed by atoms with Gasteiger partial charge in [-0.15, -0.1) is 0 Å². The maximum absolute atomic E-state index is 11.2. The number of nitrogens with one attached hydrogen (secondary N) is 1. The smallest absolute Gasteiger partial charge is 0.304 e. The summed E-state index contributed by atoms with van der Waals surface area (Å²) in [6, 6.07) is 0. The number of hydrogen-bond donors (Lipinski definition) is 1. The lowest BCUT2D eigenvalue weighted by Crippen LogP contribution is -2.43. The topological polar surface area (TPSA) is 64.6 Å². The van der Waals surface area contributed by atoms with E-state index in [2.05, 4.69) is 19.2 Å². The quantitative estimate of drug-likeness (QED) is 0.339. The van der Waals surface area contributed by atoms with Crippen LogP contribution < -0.4 is 5.32 Å². The van der Waals surface area contributed by atoms with Gasteiger partial charge in [0.1, 0.15) is 0 Å². The van der Waals surface area contributed by atoms with E-state index in [0.29, 0.717) is 0 Å². The summed E-state index contributed by atoms with van der Waals surface area (Å²) >= 11 is 0. The molecule has 0 aromatic heterocycles. The van der Waals surface area contributed by atoms with E-state index in [4.69, 9.17) is 9.47 Å². The second-order valence-electron chi connectivity index (χ2n) is 5.35. The van der Waals surface area contributed by atoms with E-state index in [-0.39, 0.29) is 24.4 Å². The fourth-order valence-corrected chi connectivity index (χ4v) is 2.12. The standard InChI is InChI=1S/C16H31NO4/c1-5-7-9-11-15(20-13(3)18)17-16(21-14(4)19)12-10-8-6-2/h15-17H,5-12H2,1-4H3. The first-order valence-corrected chi connectivity index (χ1v) is 8.10. The number of esters is 2. The average molecular weight is 301 g/mol. The van der Waals surface area contributed by atoms with Crippen molar-refractivity contribution in [2.24, 2.45) is 0 Å². The van der Waals surface area contributed by atoms with E-state index in [1.165, 1.54) is 13.8 Å². The highest BCUT2D eigenvalue weighted by molar-refractivity contribution is 5.66. The summed E-state index contributed by atoms with van der Waals surface area (Å²) in [6.45, 7) is 7.04. The SMILES string of the molecule is CCCCCC(NC(CCCCC)OC(C)=O)OC(C)=O. The number of rotatable bonds is 12. The minimum absolute atomic E-state index is 0.320. The molecule has 2 unspecified atom stereocenters. The van der Waals surface area contributed by atoms with Crippen molar-refractivity contribution in [2.45, 2.75) is 91.5 Å². The lowest BCUT2D eigenvalue weighted by Gasteiger charge is -2.25. The number of unbranched alkanes of at least 4 members (excludes halogenated alkanes) is 4. The highest BCUT2D eigenvalue weighted by Crippen LogP contribution is 2.10. The van der Waals surface area contributed by atoms with E-state index in [1.54, 1.807) is 0 Å². The average Bonchev–Trinajstić information content (AvgIpc) is 2.37. The van der Waals surface area contributed by atoms with Gasteiger partial charge in [-0.2, -0.15) is 0 Å². The molecule has 0 spiro atoms. The number of hydrogen-bond acceptors (Lipinski definition) is 5. The Morgan fingerprint density at radius 3 is 1.48 bits per heavy atom. The zero-order valence-corrected chi connectivity index (χ0v) is 13.9. The molecular weight excluding hydrogens is 270 g/mol. The van der Waals surface area contributed by atoms with Crippen LogP contribution >= 0.6 is 0 Å². The molecule has 124 valence electrons. The third-order valence-corrected chi connectivity index (χ3v) is 3.13. The van der Waals surface area contributed by atoms with Crippen molar-refractivity contribution < 1.29 is 19.1 Å². The lowest BCUT2D eigenvalue weighted by molar-refractivity contribution is -0.157. The molecule has 0 aliphatic rings. The van der Waals surface area contributed by atoms with Gasteiger partial charge in [-0.1, -0.05) is 39.5 Å². The first-order valence-electron chi connectivity index (χ1n) is 8.10. The van der Waals surface area contributed by atoms with E-state index in [9.17, 15) is 9.59 Å². The van der Waals surface area contributed by atoms with E-state index in [0.717, 1.165) is 51.4 Å². The summed E-state index contributed by atoms with van der Waals surface area (Å²) in [7, 11) is 0. The van der Waals surface area contributed by atoms with Crippen LogP contribution in [0.4, 0.5) is 0 Å². The summed E-state index contributed by atoms with van der Waals surface area (Å²) in [6.07, 6.45) is 7.04. The predicted molar refractivity (Wildman–Crippen MR) is 82.5 cm³/mol. The predicted octanol–water partition coefficient (Wildman–Crippen LogP) is 3.52. The summed E-state index contributed by atoms with van der Waals surface area (Å²) in [5, 5.41) is 3.15. The van der Waals surface area contributed by atoms with Gasteiger partial charge in [0, 0.05) is 13.8 Å². The van der Waals surface area contributed by atoms with Gasteiger partial charge < -0.3 is 9.47 Å². The van der Waals surface area contributed by atoms with Gasteiger partial charge >= 0.3 is 11.9 Å². The molecule has 0 bridgehead atoms. The Hall–Kier alpha value is -1.10. The lowest BCUT2D eigenvalue weighted by atomic mass is 10.1. The van der Waals surface area contributed by atoms with Crippen LogP contribution in [0.25, 0.3) is 0 Å². The highest BCUT2D eigenvalue weighted by Gasteiger charge is 2.19. The Kier molecular flexibility index (Phi) is 12.0. The van der Waals surface area contributed by atoms with Crippen LogP contribution in [0.1, 0.15) is 79.1 Å². The molecule has 21 heavy (non-hydrogen) atoms. The van der Waals surface area contributed by atoms with E-state index in [1.807, 2.05) is 0 Å². The van der Waals surface area contributed by atoms with Gasteiger partial charge in [-0.3, -0.25) is 9.59 Å². The molecule has 0 aromatic carbocycles. The van der Waals surface area contributed by atoms with Gasteiger partial charge in [0.05, 0.1) is 0 Å². The zero-order valence-electron chi connectivity index (χ0n) is 13.9. The van der Waals surface area contributed by atoms with E-state index >= 15 is 0 Å². The van der Waals surface area contributed by atoms with Crippen molar-refractivity contribution in [1.82, 2.24) is 5.32 Å². The van der Waals surface area contributed by atoms with Crippen LogP contribution in [0, 0.1) is 0 Å². The second kappa shape index (κ2) is 12.6. The summed E-state index contributed by atoms with van der Waals surface area (Å²) in [5.74, 6) is -0.640. The second-order valence-corrected chi connectivity index (χ2v) is 5.35. The number of ether oxygens (including phenoxy) is 2. The zero-order chi connectivity index (χ0) is 16.1. The van der Waals surface area contributed by atoms with Gasteiger partial charge in [-0.05, 0) is 25.7 Å². The summed E-state index contributed by atoms with van der Waals surface area (Å²) in [4.78, 5) is 22.4. The third-order valence-electron chi connectivity index (χ3n) is 3.13. The Morgan fingerprint density at radius 2 is 1.19 bits per heavy atom. The van der Waals surface area contributed by atoms with Gasteiger partial charge in [-0.25, -0.2) is 5.32 Å². The molecule has 5 heteroatoms. The van der Waals surface area contributed by atoms with Crippen LogP contribution in [0.2, 0.25) is 0 Å². The van der Waals surface area contributed by atoms with E-state index < -0.39 is 0 Å². The normalized spacial score (nSPS) is 13.5. The molecule has 0 radical (unpaired) electrons. The van der Waals surface area contributed by atoms with Crippen LogP contribution in [0.15, 0.2) is 0 Å². The largest absolute Gasteiger partial charge is 0.447 e. The van der Waals surface area contributed by atoms with Gasteiger partial charge in [0.15, 0.2) is 12.5 Å². The molecule has 0 saturated heterocycles. The highest BCUT2D eigenvalue weighted by atomic mass is 16.6. The van der Waals surface area contributed by atoms with Crippen molar-refractivity contribution in [3.63, 3.8) is 0 Å². The Labute approximate surface area is 128 Å². The van der Waals surface area contributed by atoms with Crippen LogP contribution in [0.5, 0.6) is 0 Å². The van der Waals surface area contributed by atoms with Crippen molar-refractivity contribution in [3.8, 4) is 0 Å². The Balaban J connectivity index is 4.43. The van der Waals surface area contributed by atoms with Crippen LogP contribution in [-0.2, 0) is 19.1 Å². The third kappa shape index (κ3) is 12.4. The molecule has 1 N–H and O–H groups in total. The van der Waals surface area contributed by atoms with Crippen molar-refractivity contribution >= 4 is 11.9 Å². The molecule has 0 fully saturated rings. The van der Waals surface area contributed by atoms with Crippen molar-refractivity contribution in [1.29, 1.82) is 0 Å². The van der Waals surface area contributed by atoms with Gasteiger partial charge in [0.25, 0.3) is 0 Å². The van der Waals surface area contributed by atoms with Crippen molar-refractivity contribution in [3.05, 3.63) is 0 Å². The first kappa shape index (κ1) is 19.9. The monoisotopic (exact) mass is 301 g/mol. The van der Waals surface area contributed by atoms with Crippen LogP contribution in [0.3, 0.4) is 0 Å². The number of carbonyl (C=O) groups is 2. The molecule has 0 aliphatic heterocycles. The fourth-order valence-electron chi connectivity index (χ4n) is 2.12. The molecule has 0 saturated carbocycles. The van der Waals surface area contributed by atoms with Crippen molar-refractivity contribution in [2.75, 3.05) is 0 Å². The Bertz CT molecular complexity index is 266. The fraction of sp³-hybridized carbons (Fsp3) is 0.875. The summed E-state index contributed by atoms with van der Waals surface area (Å²) in [5.41, 5.74) is 0. The molecule has 0 heterocycles. The minimum atomic E-state index is -0.389. The maximum Gasteiger partial charge on any atom is 0.304 e. The summed E-state index contributed by atoms with van der Waals surface area (Å²) < 4.78 is 10.5. The molecule has 0 aromatic rings. The van der Waals surface area contributed by atoms with Crippen LogP contribution in [-0.4, -0.2) is 24.4 Å². The maximum atomic E-state index is 11.2. The first-order chi connectivity index (χ1) is 9.99.